The van der Waals surface area contributed by atoms with Crippen molar-refractivity contribution in [3.63, 3.8) is 0 Å². The van der Waals surface area contributed by atoms with E-state index in [1.807, 2.05) is 13.1 Å². The molecule has 19 heteroatoms. The van der Waals surface area contributed by atoms with E-state index in [0.717, 1.165) is 55.6 Å². The fourth-order valence-corrected chi connectivity index (χ4v) is 8.80. The number of carbonyl (C=O) groups excluding carboxylic acids is 2. The van der Waals surface area contributed by atoms with Crippen molar-refractivity contribution in [3.8, 4) is 0 Å². The quantitative estimate of drug-likeness (QED) is 0.242. The molecule has 15 nitrogen and oxygen atoms in total. The molecule has 0 spiro atoms. The SMILES string of the molecule is CC(CCn1cc(S(=O)(=O)N2CCC(Nc3ncc(C(F)(F)F)cn3)CC2)cn1)N1CCC(c2ccc3c(N4CCC(=O)NC4=O)nn(C)c3c2)CC1. The van der Waals surface area contributed by atoms with E-state index >= 15 is 0 Å². The number of imide groups is 1. The van der Waals surface area contributed by atoms with Gasteiger partial charge in [0.25, 0.3) is 0 Å². The van der Waals surface area contributed by atoms with E-state index in [2.05, 4.69) is 54.8 Å². The van der Waals surface area contributed by atoms with Crippen LogP contribution in [0.2, 0.25) is 0 Å². The van der Waals surface area contributed by atoms with Gasteiger partial charge < -0.3 is 10.2 Å². The van der Waals surface area contributed by atoms with E-state index in [4.69, 9.17) is 0 Å². The highest BCUT2D eigenvalue weighted by molar-refractivity contribution is 7.89. The van der Waals surface area contributed by atoms with Gasteiger partial charge in [-0.15, -0.1) is 0 Å². The van der Waals surface area contributed by atoms with Crippen LogP contribution in [0.5, 0.6) is 0 Å². The summed E-state index contributed by atoms with van der Waals surface area (Å²) in [5.74, 6) is 0.728. The molecule has 3 aliphatic heterocycles. The van der Waals surface area contributed by atoms with Crippen LogP contribution in [0.3, 0.4) is 0 Å². The molecule has 6 heterocycles. The Morgan fingerprint density at radius 1 is 1.00 bits per heavy atom. The van der Waals surface area contributed by atoms with Crippen molar-refractivity contribution in [2.75, 3.05) is 42.9 Å². The van der Waals surface area contributed by atoms with Gasteiger partial charge in [0.15, 0.2) is 5.82 Å². The number of amides is 3. The van der Waals surface area contributed by atoms with Crippen LogP contribution in [-0.2, 0) is 34.6 Å². The Morgan fingerprint density at radius 2 is 1.72 bits per heavy atom. The summed E-state index contributed by atoms with van der Waals surface area (Å²) in [4.78, 5) is 35.7. The van der Waals surface area contributed by atoms with Gasteiger partial charge in [-0.25, -0.2) is 23.2 Å². The number of hydrogen-bond donors (Lipinski definition) is 2. The van der Waals surface area contributed by atoms with Crippen molar-refractivity contribution < 1.29 is 31.2 Å². The maximum atomic E-state index is 13.4. The van der Waals surface area contributed by atoms with Gasteiger partial charge in [0, 0.05) is 75.7 Å². The molecule has 3 saturated heterocycles. The molecule has 1 aromatic carbocycles. The average Bonchev–Trinajstić information content (AvgIpc) is 3.76. The van der Waals surface area contributed by atoms with E-state index in [0.29, 0.717) is 37.7 Å². The van der Waals surface area contributed by atoms with Crippen LogP contribution in [0.1, 0.15) is 62.5 Å². The molecule has 2 N–H and O–H groups in total. The van der Waals surface area contributed by atoms with Gasteiger partial charge >= 0.3 is 12.2 Å². The summed E-state index contributed by atoms with van der Waals surface area (Å²) in [6, 6.07) is 5.94. The number of fused-ring (bicyclic) bond motifs is 1. The van der Waals surface area contributed by atoms with Crippen molar-refractivity contribution in [3.05, 3.63) is 54.1 Å². The molecule has 0 bridgehead atoms. The topological polar surface area (TPSA) is 163 Å². The second kappa shape index (κ2) is 14.7. The van der Waals surface area contributed by atoms with Crippen molar-refractivity contribution in [1.29, 1.82) is 0 Å². The molecule has 284 valence electrons. The minimum atomic E-state index is -4.52. The van der Waals surface area contributed by atoms with Crippen molar-refractivity contribution >= 4 is 44.6 Å². The summed E-state index contributed by atoms with van der Waals surface area (Å²) in [6.45, 7) is 5.40. The van der Waals surface area contributed by atoms with Crippen molar-refractivity contribution in [2.45, 2.75) is 81.1 Å². The van der Waals surface area contributed by atoms with Crippen molar-refractivity contribution in [1.82, 2.24) is 44.1 Å². The molecule has 1 unspecified atom stereocenters. The second-order valence-corrected chi connectivity index (χ2v) is 15.9. The number of hydrogen-bond acceptors (Lipinski definition) is 10. The van der Waals surface area contributed by atoms with E-state index in [1.165, 1.54) is 21.0 Å². The maximum Gasteiger partial charge on any atom is 0.419 e. The Kier molecular flexibility index (Phi) is 10.2. The first-order valence-corrected chi connectivity index (χ1v) is 19.2. The van der Waals surface area contributed by atoms with Crippen LogP contribution >= 0.6 is 0 Å². The summed E-state index contributed by atoms with van der Waals surface area (Å²) in [5, 5.41) is 15.2. The number of aromatic nitrogens is 6. The van der Waals surface area contributed by atoms with E-state index in [9.17, 15) is 31.2 Å². The number of piperidine rings is 2. The highest BCUT2D eigenvalue weighted by atomic mass is 32.2. The van der Waals surface area contributed by atoms with Gasteiger partial charge in [-0.2, -0.15) is 27.7 Å². The van der Waals surface area contributed by atoms with Crippen LogP contribution < -0.4 is 15.5 Å². The Morgan fingerprint density at radius 3 is 2.40 bits per heavy atom. The summed E-state index contributed by atoms with van der Waals surface area (Å²) < 4.78 is 70.1. The zero-order valence-electron chi connectivity index (χ0n) is 29.5. The Bertz CT molecular complexity index is 2070. The molecule has 53 heavy (non-hydrogen) atoms. The lowest BCUT2D eigenvalue weighted by Gasteiger charge is -2.36. The monoisotopic (exact) mass is 757 g/mol. The van der Waals surface area contributed by atoms with Gasteiger partial charge in [0.2, 0.25) is 21.9 Å². The van der Waals surface area contributed by atoms with Crippen LogP contribution in [0, 0.1) is 0 Å². The number of nitrogens with one attached hydrogen (secondary N) is 2. The normalized spacial score (nSPS) is 19.5. The molecular weight excluding hydrogens is 716 g/mol. The van der Waals surface area contributed by atoms with Crippen LogP contribution in [-0.4, -0.2) is 104 Å². The fourth-order valence-electron chi connectivity index (χ4n) is 7.37. The number of nitrogens with zero attached hydrogens (tertiary/aromatic N) is 9. The molecular formula is C34H42F3N11O4S. The number of urea groups is 1. The summed E-state index contributed by atoms with van der Waals surface area (Å²) in [6.07, 6.45) is 3.82. The molecule has 4 aromatic rings. The third-order valence-electron chi connectivity index (χ3n) is 10.6. The number of benzene rings is 1. The molecule has 1 atom stereocenters. The molecule has 0 aliphatic carbocycles. The molecule has 7 rings (SSSR count). The second-order valence-electron chi connectivity index (χ2n) is 14.0. The van der Waals surface area contributed by atoms with Gasteiger partial charge in [0.1, 0.15) is 4.90 Å². The van der Waals surface area contributed by atoms with Gasteiger partial charge in [-0.1, -0.05) is 6.07 Å². The average molecular weight is 758 g/mol. The lowest BCUT2D eigenvalue weighted by molar-refractivity contribution is -0.138. The highest BCUT2D eigenvalue weighted by Gasteiger charge is 2.33. The largest absolute Gasteiger partial charge is 0.419 e. The number of anilines is 2. The third kappa shape index (κ3) is 7.87. The van der Waals surface area contributed by atoms with E-state index in [1.54, 1.807) is 15.6 Å². The van der Waals surface area contributed by atoms with Gasteiger partial charge in [-0.05, 0) is 75.7 Å². The number of carbonyl (C=O) groups is 2. The predicted octanol–water partition coefficient (Wildman–Crippen LogP) is 3.95. The fraction of sp³-hybridized carbons (Fsp3) is 0.529. The Balaban J connectivity index is 0.877. The zero-order chi connectivity index (χ0) is 37.5. The molecule has 3 amide bonds. The lowest BCUT2D eigenvalue weighted by atomic mass is 9.88. The number of likely N-dealkylation sites (tertiary alicyclic amines) is 1. The number of halogens is 3. The first-order chi connectivity index (χ1) is 25.3. The standard InChI is InChI=1S/C34H42F3N11O4S/c1-22(45-11-6-23(7-12-45)24-3-4-28-29(17-24)44(2)43-31(28)48-16-10-30(49)42-33(48)50)5-13-46-21-27(20-40-46)53(51,52)47-14-8-26(9-15-47)41-32-38-18-25(19-39-32)34(35,36)37/h3-4,17-23,26H,5-16H2,1-2H3,(H,38,39,41)(H,42,49,50). The Hall–Kier alpha value is -4.62. The van der Waals surface area contributed by atoms with Crippen LogP contribution in [0.15, 0.2) is 47.9 Å². The van der Waals surface area contributed by atoms with Gasteiger partial charge in [-0.3, -0.25) is 24.4 Å². The number of rotatable bonds is 10. The summed E-state index contributed by atoms with van der Waals surface area (Å²) >= 11 is 0. The molecule has 3 aromatic heterocycles. The lowest BCUT2D eigenvalue weighted by Crippen LogP contribution is -2.49. The van der Waals surface area contributed by atoms with E-state index < -0.39 is 27.8 Å². The van der Waals surface area contributed by atoms with E-state index in [-0.39, 0.29) is 48.3 Å². The highest BCUT2D eigenvalue weighted by Crippen LogP contribution is 2.34. The van der Waals surface area contributed by atoms with Crippen LogP contribution in [0.4, 0.5) is 29.7 Å². The predicted molar refractivity (Wildman–Crippen MR) is 189 cm³/mol. The molecule has 3 aliphatic rings. The molecule has 0 radical (unpaired) electrons. The minimum absolute atomic E-state index is 0.0731. The zero-order valence-corrected chi connectivity index (χ0v) is 30.3. The third-order valence-corrected chi connectivity index (χ3v) is 12.4. The number of sulfonamides is 1. The smallest absolute Gasteiger partial charge is 0.351 e. The maximum absolute atomic E-state index is 13.4. The summed E-state index contributed by atoms with van der Waals surface area (Å²) in [5.41, 5.74) is 1.24. The number of alkyl halides is 3. The van der Waals surface area contributed by atoms with Crippen molar-refractivity contribution in [2.24, 2.45) is 7.05 Å². The summed E-state index contributed by atoms with van der Waals surface area (Å²) in [7, 11) is -1.90. The molecule has 0 saturated carbocycles. The Labute approximate surface area is 304 Å². The minimum Gasteiger partial charge on any atom is -0.351 e. The van der Waals surface area contributed by atoms with Gasteiger partial charge in [0.05, 0.1) is 17.3 Å². The first-order valence-electron chi connectivity index (χ1n) is 17.8. The molecule has 3 fully saturated rings. The number of aryl methyl sites for hydroxylation is 2. The van der Waals surface area contributed by atoms with Crippen LogP contribution in [0.25, 0.3) is 10.9 Å². The first kappa shape index (κ1) is 36.7.